The number of hydrogen-bond donors (Lipinski definition) is 1. The lowest BCUT2D eigenvalue weighted by molar-refractivity contribution is -0.384. The Balaban J connectivity index is 0.00000200. The third-order valence-corrected chi connectivity index (χ3v) is 3.45. The van der Waals surface area contributed by atoms with Gasteiger partial charge in [0.2, 0.25) is 5.91 Å². The minimum Gasteiger partial charge on any atom is -0.341 e. The predicted molar refractivity (Wildman–Crippen MR) is 78.1 cm³/mol. The van der Waals surface area contributed by atoms with Gasteiger partial charge in [-0.05, 0) is 19.0 Å². The number of nitrogens with one attached hydrogen (secondary N) is 1. The van der Waals surface area contributed by atoms with E-state index in [-0.39, 0.29) is 24.0 Å². The predicted octanol–water partition coefficient (Wildman–Crippen LogP) is 1.38. The molecule has 0 saturated carbocycles. The highest BCUT2D eigenvalue weighted by Crippen LogP contribution is 2.15. The van der Waals surface area contributed by atoms with Crippen LogP contribution in [0.1, 0.15) is 12.0 Å². The van der Waals surface area contributed by atoms with Gasteiger partial charge >= 0.3 is 0 Å². The first-order valence-electron chi connectivity index (χ1n) is 6.28. The number of carbonyl (C=O) groups excluding carboxylic acids is 1. The number of nitro benzene ring substituents is 1. The van der Waals surface area contributed by atoms with E-state index in [9.17, 15) is 14.9 Å². The molecule has 0 bridgehead atoms. The molecule has 20 heavy (non-hydrogen) atoms. The summed E-state index contributed by atoms with van der Waals surface area (Å²) in [6, 6.07) is 6.52. The smallest absolute Gasteiger partial charge is 0.269 e. The van der Waals surface area contributed by atoms with Crippen LogP contribution in [-0.2, 0) is 11.2 Å². The summed E-state index contributed by atoms with van der Waals surface area (Å²) in [6.45, 7) is 1.51. The van der Waals surface area contributed by atoms with Crippen molar-refractivity contribution >= 4 is 24.0 Å². The van der Waals surface area contributed by atoms with Crippen LogP contribution in [0.5, 0.6) is 0 Å². The molecule has 1 aromatic carbocycles. The number of likely N-dealkylation sites (tertiary alicyclic amines) is 1. The average Bonchev–Trinajstić information content (AvgIpc) is 2.88. The molecule has 2 rings (SSSR count). The molecule has 0 spiro atoms. The molecule has 1 heterocycles. The molecule has 110 valence electrons. The molecule has 1 saturated heterocycles. The Morgan fingerprint density at radius 2 is 2.10 bits per heavy atom. The van der Waals surface area contributed by atoms with Gasteiger partial charge in [-0.25, -0.2) is 0 Å². The molecule has 6 nitrogen and oxygen atoms in total. The second-order valence-electron chi connectivity index (χ2n) is 4.71. The van der Waals surface area contributed by atoms with Crippen molar-refractivity contribution in [2.24, 2.45) is 0 Å². The van der Waals surface area contributed by atoms with Crippen molar-refractivity contribution < 1.29 is 9.72 Å². The maximum absolute atomic E-state index is 12.1. The van der Waals surface area contributed by atoms with E-state index in [2.05, 4.69) is 5.32 Å². The van der Waals surface area contributed by atoms with Crippen LogP contribution in [0.2, 0.25) is 0 Å². The monoisotopic (exact) mass is 299 g/mol. The van der Waals surface area contributed by atoms with Gasteiger partial charge in [-0.15, -0.1) is 12.4 Å². The van der Waals surface area contributed by atoms with Gasteiger partial charge in [-0.2, -0.15) is 0 Å². The van der Waals surface area contributed by atoms with Crippen LogP contribution in [0.15, 0.2) is 24.3 Å². The normalized spacial score (nSPS) is 17.6. The van der Waals surface area contributed by atoms with E-state index in [0.29, 0.717) is 12.5 Å². The number of non-ortho nitro benzene ring substituents is 1. The Hall–Kier alpha value is -1.66. The molecule has 1 aliphatic rings. The number of nitro groups is 1. The molecule has 1 atom stereocenters. The molecule has 1 unspecified atom stereocenters. The third kappa shape index (κ3) is 3.91. The Morgan fingerprint density at radius 1 is 1.45 bits per heavy atom. The molecule has 7 heteroatoms. The molecular weight excluding hydrogens is 282 g/mol. The molecule has 1 aromatic rings. The number of halogens is 1. The number of likely N-dealkylation sites (N-methyl/N-ethyl adjacent to an activating group) is 1. The fourth-order valence-corrected chi connectivity index (χ4v) is 2.24. The summed E-state index contributed by atoms with van der Waals surface area (Å²) in [7, 11) is 1.90. The van der Waals surface area contributed by atoms with Crippen LogP contribution in [0.25, 0.3) is 0 Å². The summed E-state index contributed by atoms with van der Waals surface area (Å²) in [5, 5.41) is 13.7. The highest BCUT2D eigenvalue weighted by Gasteiger charge is 2.24. The molecule has 0 aliphatic carbocycles. The first-order valence-corrected chi connectivity index (χ1v) is 6.28. The highest BCUT2D eigenvalue weighted by molar-refractivity contribution is 5.85. The standard InChI is InChI=1S/C13H17N3O3.ClH/c1-14-11-6-7-15(9-11)13(17)8-10-2-4-12(5-3-10)16(18)19;/h2-5,11,14H,6-9H2,1H3;1H. The molecule has 0 radical (unpaired) electrons. The zero-order valence-corrected chi connectivity index (χ0v) is 12.1. The number of amides is 1. The minimum atomic E-state index is -0.441. The zero-order chi connectivity index (χ0) is 13.8. The Labute approximate surface area is 123 Å². The van der Waals surface area contributed by atoms with Crippen LogP contribution in [0.4, 0.5) is 5.69 Å². The second kappa shape index (κ2) is 7.21. The maximum Gasteiger partial charge on any atom is 0.269 e. The molecule has 0 aromatic heterocycles. The van der Waals surface area contributed by atoms with Gasteiger partial charge < -0.3 is 10.2 Å². The number of rotatable bonds is 4. The summed E-state index contributed by atoms with van der Waals surface area (Å²) >= 11 is 0. The first kappa shape index (κ1) is 16.4. The molecular formula is C13H18ClN3O3. The van der Waals surface area contributed by atoms with Crippen LogP contribution in [0.3, 0.4) is 0 Å². The lowest BCUT2D eigenvalue weighted by Gasteiger charge is -2.16. The van der Waals surface area contributed by atoms with Gasteiger partial charge in [0.25, 0.3) is 5.69 Å². The van der Waals surface area contributed by atoms with Crippen LogP contribution in [-0.4, -0.2) is 41.9 Å². The van der Waals surface area contributed by atoms with E-state index in [1.54, 1.807) is 12.1 Å². The van der Waals surface area contributed by atoms with E-state index in [1.807, 2.05) is 11.9 Å². The number of carbonyl (C=O) groups is 1. The minimum absolute atomic E-state index is 0. The summed E-state index contributed by atoms with van der Waals surface area (Å²) in [5.74, 6) is 0.0756. The van der Waals surface area contributed by atoms with Gasteiger partial charge in [0.05, 0.1) is 11.3 Å². The zero-order valence-electron chi connectivity index (χ0n) is 11.2. The molecule has 1 N–H and O–H groups in total. The topological polar surface area (TPSA) is 75.5 Å². The van der Waals surface area contributed by atoms with E-state index in [1.165, 1.54) is 12.1 Å². The van der Waals surface area contributed by atoms with Crippen LogP contribution >= 0.6 is 12.4 Å². The van der Waals surface area contributed by atoms with Crippen molar-refractivity contribution in [3.8, 4) is 0 Å². The van der Waals surface area contributed by atoms with Gasteiger partial charge in [0.1, 0.15) is 0 Å². The Bertz CT molecular complexity index is 478. The largest absolute Gasteiger partial charge is 0.341 e. The molecule has 1 amide bonds. The SMILES string of the molecule is CNC1CCN(C(=O)Cc2ccc([N+](=O)[O-])cc2)C1.Cl. The Kier molecular flexibility index (Phi) is 5.91. The van der Waals surface area contributed by atoms with Gasteiger partial charge in [0.15, 0.2) is 0 Å². The van der Waals surface area contributed by atoms with Gasteiger partial charge in [-0.1, -0.05) is 12.1 Å². The van der Waals surface area contributed by atoms with Crippen LogP contribution < -0.4 is 5.32 Å². The lowest BCUT2D eigenvalue weighted by Crippen LogP contribution is -2.34. The fraction of sp³-hybridized carbons (Fsp3) is 0.462. The molecule has 1 fully saturated rings. The third-order valence-electron chi connectivity index (χ3n) is 3.45. The number of nitrogens with zero attached hydrogens (tertiary/aromatic N) is 2. The van der Waals surface area contributed by atoms with Crippen molar-refractivity contribution in [3.05, 3.63) is 39.9 Å². The van der Waals surface area contributed by atoms with Crippen molar-refractivity contribution in [1.82, 2.24) is 10.2 Å². The van der Waals surface area contributed by atoms with E-state index in [4.69, 9.17) is 0 Å². The summed E-state index contributed by atoms with van der Waals surface area (Å²) in [6.07, 6.45) is 1.27. The fourth-order valence-electron chi connectivity index (χ4n) is 2.24. The Morgan fingerprint density at radius 3 is 2.60 bits per heavy atom. The van der Waals surface area contributed by atoms with Crippen molar-refractivity contribution in [2.75, 3.05) is 20.1 Å². The van der Waals surface area contributed by atoms with Crippen LogP contribution in [0, 0.1) is 10.1 Å². The highest BCUT2D eigenvalue weighted by atomic mass is 35.5. The lowest BCUT2D eigenvalue weighted by atomic mass is 10.1. The number of benzene rings is 1. The van der Waals surface area contributed by atoms with E-state index in [0.717, 1.165) is 25.1 Å². The van der Waals surface area contributed by atoms with Gasteiger partial charge in [-0.3, -0.25) is 14.9 Å². The maximum atomic E-state index is 12.1. The van der Waals surface area contributed by atoms with Gasteiger partial charge in [0, 0.05) is 31.3 Å². The average molecular weight is 300 g/mol. The molecule has 1 aliphatic heterocycles. The second-order valence-corrected chi connectivity index (χ2v) is 4.71. The quantitative estimate of drug-likeness (QED) is 0.673. The van der Waals surface area contributed by atoms with Crippen molar-refractivity contribution in [2.45, 2.75) is 18.9 Å². The summed E-state index contributed by atoms with van der Waals surface area (Å²) < 4.78 is 0. The summed E-state index contributed by atoms with van der Waals surface area (Å²) in [4.78, 5) is 24.0. The number of hydrogen-bond acceptors (Lipinski definition) is 4. The van der Waals surface area contributed by atoms with Crippen molar-refractivity contribution in [3.63, 3.8) is 0 Å². The van der Waals surface area contributed by atoms with E-state index >= 15 is 0 Å². The summed E-state index contributed by atoms with van der Waals surface area (Å²) in [5.41, 5.74) is 0.858. The van der Waals surface area contributed by atoms with Crippen molar-refractivity contribution in [1.29, 1.82) is 0 Å². The first-order chi connectivity index (χ1) is 9.10. The van der Waals surface area contributed by atoms with E-state index < -0.39 is 4.92 Å².